The van der Waals surface area contributed by atoms with Crippen molar-refractivity contribution in [2.45, 2.75) is 11.8 Å². The average Bonchev–Trinajstić information content (AvgIpc) is 2.63. The van der Waals surface area contributed by atoms with E-state index in [1.54, 1.807) is 30.3 Å². The molecule has 0 aliphatic rings. The van der Waals surface area contributed by atoms with Gasteiger partial charge in [-0.3, -0.25) is 9.52 Å². The molecule has 28 heavy (non-hydrogen) atoms. The summed E-state index contributed by atoms with van der Waals surface area (Å²) in [7, 11) is -3.98. The topological polar surface area (TPSA) is 75.3 Å². The summed E-state index contributed by atoms with van der Waals surface area (Å²) < 4.78 is 41.8. The lowest BCUT2D eigenvalue weighted by molar-refractivity contribution is 0.102. The number of benzene rings is 3. The average molecular weight is 419 g/mol. The van der Waals surface area contributed by atoms with Crippen LogP contribution in [-0.4, -0.2) is 14.3 Å². The number of halogens is 2. The molecule has 0 aliphatic carbocycles. The summed E-state index contributed by atoms with van der Waals surface area (Å²) in [4.78, 5) is 11.9. The number of hydrogen-bond acceptors (Lipinski definition) is 3. The van der Waals surface area contributed by atoms with E-state index in [1.807, 2.05) is 13.0 Å². The quantitative estimate of drug-likeness (QED) is 0.622. The van der Waals surface area contributed by atoms with Crippen LogP contribution in [0.5, 0.6) is 0 Å². The van der Waals surface area contributed by atoms with E-state index < -0.39 is 21.7 Å². The summed E-state index contributed by atoms with van der Waals surface area (Å²) in [5.74, 6) is -1.43. The Kier molecular flexibility index (Phi) is 5.67. The summed E-state index contributed by atoms with van der Waals surface area (Å²) >= 11 is 5.84. The number of rotatable bonds is 5. The maximum atomic E-state index is 14.4. The molecule has 0 fully saturated rings. The molecule has 0 unspecified atom stereocenters. The zero-order valence-corrected chi connectivity index (χ0v) is 16.3. The summed E-state index contributed by atoms with van der Waals surface area (Å²) in [6.45, 7) is 1.83. The number of hydrogen-bond donors (Lipinski definition) is 2. The van der Waals surface area contributed by atoms with Crippen molar-refractivity contribution in [1.29, 1.82) is 0 Å². The fourth-order valence-electron chi connectivity index (χ4n) is 2.51. The second-order valence-corrected chi connectivity index (χ2v) is 8.20. The first-order valence-corrected chi connectivity index (χ1v) is 10.1. The van der Waals surface area contributed by atoms with E-state index >= 15 is 0 Å². The van der Waals surface area contributed by atoms with Crippen molar-refractivity contribution in [2.75, 3.05) is 10.0 Å². The number of aryl methyl sites for hydroxylation is 1. The van der Waals surface area contributed by atoms with Gasteiger partial charge in [0.15, 0.2) is 0 Å². The standard InChI is InChI=1S/C20H16ClFN2O3S/c1-13-4-2-7-16(10-13)24-28(26,27)17-8-9-19(18(22)12-17)23-20(25)14-5-3-6-15(21)11-14/h2-12,24H,1H3,(H,23,25). The minimum absolute atomic E-state index is 0.139. The SMILES string of the molecule is Cc1cccc(NS(=O)(=O)c2ccc(NC(=O)c3cccc(Cl)c3)c(F)c2)c1. The van der Waals surface area contributed by atoms with Crippen molar-refractivity contribution in [3.05, 3.63) is 88.7 Å². The van der Waals surface area contributed by atoms with Gasteiger partial charge < -0.3 is 5.32 Å². The van der Waals surface area contributed by atoms with Gasteiger partial charge in [0, 0.05) is 16.3 Å². The monoisotopic (exact) mass is 418 g/mol. The van der Waals surface area contributed by atoms with Crippen molar-refractivity contribution in [3.8, 4) is 0 Å². The summed E-state index contributed by atoms with van der Waals surface area (Å²) in [5, 5.41) is 2.77. The van der Waals surface area contributed by atoms with Gasteiger partial charge in [-0.05, 0) is 61.0 Å². The summed E-state index contributed by atoms with van der Waals surface area (Å²) in [5.41, 5.74) is 1.37. The lowest BCUT2D eigenvalue weighted by Crippen LogP contribution is -2.15. The lowest BCUT2D eigenvalue weighted by atomic mass is 10.2. The van der Waals surface area contributed by atoms with Crippen LogP contribution in [0.4, 0.5) is 15.8 Å². The van der Waals surface area contributed by atoms with Gasteiger partial charge in [-0.15, -0.1) is 0 Å². The number of carbonyl (C=O) groups is 1. The van der Waals surface area contributed by atoms with E-state index in [-0.39, 0.29) is 16.1 Å². The van der Waals surface area contributed by atoms with Gasteiger partial charge in [0.25, 0.3) is 15.9 Å². The number of anilines is 2. The van der Waals surface area contributed by atoms with Crippen molar-refractivity contribution in [1.82, 2.24) is 0 Å². The van der Waals surface area contributed by atoms with Gasteiger partial charge in [0.2, 0.25) is 0 Å². The highest BCUT2D eigenvalue weighted by Crippen LogP contribution is 2.22. The Morgan fingerprint density at radius 2 is 1.75 bits per heavy atom. The molecule has 5 nitrogen and oxygen atoms in total. The van der Waals surface area contributed by atoms with Crippen LogP contribution in [0, 0.1) is 12.7 Å². The first-order valence-electron chi connectivity index (χ1n) is 8.20. The van der Waals surface area contributed by atoms with Gasteiger partial charge in [-0.25, -0.2) is 12.8 Å². The summed E-state index contributed by atoms with van der Waals surface area (Å²) in [6, 6.07) is 16.2. The molecule has 0 aromatic heterocycles. The molecule has 2 N–H and O–H groups in total. The van der Waals surface area contributed by atoms with Crippen molar-refractivity contribution < 1.29 is 17.6 Å². The third-order valence-electron chi connectivity index (χ3n) is 3.86. The molecule has 0 saturated carbocycles. The molecular formula is C20H16ClFN2O3S. The highest BCUT2D eigenvalue weighted by molar-refractivity contribution is 7.92. The maximum Gasteiger partial charge on any atom is 0.261 e. The number of amides is 1. The van der Waals surface area contributed by atoms with E-state index in [4.69, 9.17) is 11.6 Å². The second-order valence-electron chi connectivity index (χ2n) is 6.08. The smallest absolute Gasteiger partial charge is 0.261 e. The Morgan fingerprint density at radius 1 is 1.00 bits per heavy atom. The zero-order valence-electron chi connectivity index (χ0n) is 14.7. The normalized spacial score (nSPS) is 11.1. The fraction of sp³-hybridized carbons (Fsp3) is 0.0500. The molecule has 3 aromatic carbocycles. The third kappa shape index (κ3) is 4.68. The van der Waals surface area contributed by atoms with E-state index in [0.717, 1.165) is 11.6 Å². The van der Waals surface area contributed by atoms with Crippen LogP contribution in [0.1, 0.15) is 15.9 Å². The van der Waals surface area contributed by atoms with Gasteiger partial charge in [0.05, 0.1) is 10.6 Å². The van der Waals surface area contributed by atoms with Gasteiger partial charge >= 0.3 is 0 Å². The molecular weight excluding hydrogens is 403 g/mol. The lowest BCUT2D eigenvalue weighted by Gasteiger charge is -2.11. The second kappa shape index (κ2) is 8.00. The Bertz CT molecular complexity index is 1150. The van der Waals surface area contributed by atoms with Crippen molar-refractivity contribution in [2.24, 2.45) is 0 Å². The largest absolute Gasteiger partial charge is 0.319 e. The molecule has 0 radical (unpaired) electrons. The molecule has 3 aromatic rings. The maximum absolute atomic E-state index is 14.4. The highest BCUT2D eigenvalue weighted by atomic mass is 35.5. The van der Waals surface area contributed by atoms with Crippen molar-refractivity contribution >= 4 is 38.9 Å². The van der Waals surface area contributed by atoms with Gasteiger partial charge in [-0.2, -0.15) is 0 Å². The highest BCUT2D eigenvalue weighted by Gasteiger charge is 2.18. The minimum Gasteiger partial charge on any atom is -0.319 e. The van der Waals surface area contributed by atoms with Crippen LogP contribution >= 0.6 is 11.6 Å². The van der Waals surface area contributed by atoms with Gasteiger partial charge in [0.1, 0.15) is 5.82 Å². The number of nitrogens with one attached hydrogen (secondary N) is 2. The predicted octanol–water partition coefficient (Wildman–Crippen LogP) is 4.84. The Hall–Kier alpha value is -2.90. The molecule has 0 heterocycles. The van der Waals surface area contributed by atoms with Crippen LogP contribution in [0.15, 0.2) is 71.6 Å². The third-order valence-corrected chi connectivity index (χ3v) is 5.47. The first kappa shape index (κ1) is 19.9. The Labute approximate surface area is 167 Å². The van der Waals surface area contributed by atoms with Crippen LogP contribution in [0.3, 0.4) is 0 Å². The molecule has 0 atom stereocenters. The van der Waals surface area contributed by atoms with Crippen LogP contribution < -0.4 is 10.0 Å². The van der Waals surface area contributed by atoms with Crippen molar-refractivity contribution in [3.63, 3.8) is 0 Å². The molecule has 144 valence electrons. The Balaban J connectivity index is 1.80. The molecule has 3 rings (SSSR count). The minimum atomic E-state index is -3.98. The van der Waals surface area contributed by atoms with Gasteiger partial charge in [-0.1, -0.05) is 29.8 Å². The van der Waals surface area contributed by atoms with E-state index in [1.165, 1.54) is 24.3 Å². The molecule has 0 spiro atoms. The molecule has 0 bridgehead atoms. The van der Waals surface area contributed by atoms with E-state index in [0.29, 0.717) is 10.7 Å². The number of carbonyl (C=O) groups excluding carboxylic acids is 1. The predicted molar refractivity (Wildman–Crippen MR) is 108 cm³/mol. The molecule has 8 heteroatoms. The number of sulfonamides is 1. The summed E-state index contributed by atoms with van der Waals surface area (Å²) in [6.07, 6.45) is 0. The van der Waals surface area contributed by atoms with E-state index in [2.05, 4.69) is 10.0 Å². The zero-order chi connectivity index (χ0) is 20.3. The van der Waals surface area contributed by atoms with Crippen LogP contribution in [-0.2, 0) is 10.0 Å². The van der Waals surface area contributed by atoms with Crippen LogP contribution in [0.25, 0.3) is 0 Å². The molecule has 1 amide bonds. The first-order chi connectivity index (χ1) is 13.2. The van der Waals surface area contributed by atoms with Crippen LogP contribution in [0.2, 0.25) is 5.02 Å². The molecule has 0 saturated heterocycles. The van der Waals surface area contributed by atoms with E-state index in [9.17, 15) is 17.6 Å². The molecule has 0 aliphatic heterocycles. The fourth-order valence-corrected chi connectivity index (χ4v) is 3.76. The Morgan fingerprint density at radius 3 is 2.43 bits per heavy atom.